The first-order valence-corrected chi connectivity index (χ1v) is 9.70. The SMILES string of the molecule is Cc1cc(NC(=O)CCCNC(=O)c2cccs2)n(Cc2ccccc2)n1. The zero-order valence-electron chi connectivity index (χ0n) is 15.1. The molecule has 3 aromatic rings. The Labute approximate surface area is 162 Å². The largest absolute Gasteiger partial charge is 0.351 e. The summed E-state index contributed by atoms with van der Waals surface area (Å²) in [6.07, 6.45) is 0.912. The molecule has 2 aromatic heterocycles. The number of carbonyl (C=O) groups is 2. The topological polar surface area (TPSA) is 76.0 Å². The molecule has 27 heavy (non-hydrogen) atoms. The van der Waals surface area contributed by atoms with Crippen LogP contribution in [0.25, 0.3) is 0 Å². The molecule has 0 saturated carbocycles. The number of anilines is 1. The fourth-order valence-corrected chi connectivity index (χ4v) is 3.31. The number of benzene rings is 1. The lowest BCUT2D eigenvalue weighted by atomic mass is 10.2. The Bertz CT molecular complexity index is 888. The Balaban J connectivity index is 1.47. The van der Waals surface area contributed by atoms with Gasteiger partial charge in [-0.15, -0.1) is 11.3 Å². The highest BCUT2D eigenvalue weighted by Gasteiger charge is 2.10. The van der Waals surface area contributed by atoms with Gasteiger partial charge < -0.3 is 10.6 Å². The lowest BCUT2D eigenvalue weighted by Crippen LogP contribution is -2.25. The first-order chi connectivity index (χ1) is 13.1. The van der Waals surface area contributed by atoms with Crippen molar-refractivity contribution in [2.75, 3.05) is 11.9 Å². The summed E-state index contributed by atoms with van der Waals surface area (Å²) in [5.74, 6) is 0.500. The molecule has 2 amide bonds. The molecule has 3 rings (SSSR count). The Hall–Kier alpha value is -2.93. The maximum absolute atomic E-state index is 12.2. The molecule has 0 aliphatic rings. The summed E-state index contributed by atoms with van der Waals surface area (Å²) in [6.45, 7) is 2.96. The minimum Gasteiger partial charge on any atom is -0.351 e. The molecule has 0 spiro atoms. The van der Waals surface area contributed by atoms with Gasteiger partial charge in [0.15, 0.2) is 0 Å². The number of hydrogen-bond acceptors (Lipinski definition) is 4. The van der Waals surface area contributed by atoms with Gasteiger partial charge >= 0.3 is 0 Å². The van der Waals surface area contributed by atoms with Crippen molar-refractivity contribution < 1.29 is 9.59 Å². The van der Waals surface area contributed by atoms with Gasteiger partial charge in [-0.2, -0.15) is 5.10 Å². The highest BCUT2D eigenvalue weighted by atomic mass is 32.1. The first kappa shape index (κ1) is 18.8. The molecule has 0 radical (unpaired) electrons. The van der Waals surface area contributed by atoms with E-state index in [-0.39, 0.29) is 11.8 Å². The van der Waals surface area contributed by atoms with Gasteiger partial charge in [-0.1, -0.05) is 36.4 Å². The van der Waals surface area contributed by atoms with Crippen molar-refractivity contribution in [2.24, 2.45) is 0 Å². The first-order valence-electron chi connectivity index (χ1n) is 8.82. The van der Waals surface area contributed by atoms with Gasteiger partial charge in [0.2, 0.25) is 5.91 Å². The van der Waals surface area contributed by atoms with E-state index in [2.05, 4.69) is 15.7 Å². The number of amides is 2. The number of carbonyl (C=O) groups excluding carboxylic acids is 2. The van der Waals surface area contributed by atoms with Crippen LogP contribution >= 0.6 is 11.3 Å². The van der Waals surface area contributed by atoms with Gasteiger partial charge in [-0.25, -0.2) is 4.68 Å². The van der Waals surface area contributed by atoms with Crippen LogP contribution in [0.1, 0.15) is 33.8 Å². The molecule has 0 fully saturated rings. The molecule has 0 saturated heterocycles. The number of nitrogens with one attached hydrogen (secondary N) is 2. The van der Waals surface area contributed by atoms with E-state index in [0.717, 1.165) is 11.3 Å². The van der Waals surface area contributed by atoms with Crippen molar-refractivity contribution in [1.29, 1.82) is 0 Å². The third-order valence-electron chi connectivity index (χ3n) is 3.96. The quantitative estimate of drug-likeness (QED) is 0.586. The van der Waals surface area contributed by atoms with Crippen molar-refractivity contribution in [1.82, 2.24) is 15.1 Å². The summed E-state index contributed by atoms with van der Waals surface area (Å²) in [6, 6.07) is 15.5. The minimum atomic E-state index is -0.0954. The molecule has 140 valence electrons. The average Bonchev–Trinajstić information content (AvgIpc) is 3.30. The van der Waals surface area contributed by atoms with Gasteiger partial charge in [0.05, 0.1) is 17.1 Å². The summed E-state index contributed by atoms with van der Waals surface area (Å²) in [5.41, 5.74) is 1.97. The van der Waals surface area contributed by atoms with Crippen molar-refractivity contribution in [3.05, 3.63) is 70.0 Å². The number of rotatable bonds is 8. The Morgan fingerprint density at radius 1 is 1.15 bits per heavy atom. The highest BCUT2D eigenvalue weighted by Crippen LogP contribution is 2.14. The molecule has 0 aliphatic carbocycles. The number of aromatic nitrogens is 2. The van der Waals surface area contributed by atoms with E-state index in [4.69, 9.17) is 0 Å². The van der Waals surface area contributed by atoms with Crippen molar-refractivity contribution in [3.8, 4) is 0 Å². The van der Waals surface area contributed by atoms with Crippen LogP contribution in [-0.4, -0.2) is 28.1 Å². The molecule has 0 unspecified atom stereocenters. The summed E-state index contributed by atoms with van der Waals surface area (Å²) >= 11 is 1.40. The molecule has 6 nitrogen and oxygen atoms in total. The number of thiophene rings is 1. The third-order valence-corrected chi connectivity index (χ3v) is 4.82. The van der Waals surface area contributed by atoms with Gasteiger partial charge in [0.1, 0.15) is 5.82 Å². The Morgan fingerprint density at radius 2 is 1.96 bits per heavy atom. The standard InChI is InChI=1S/C20H22N4O2S/c1-15-13-18(24(23-15)14-16-7-3-2-4-8-16)22-19(25)10-5-11-21-20(26)17-9-6-12-27-17/h2-4,6-9,12-13H,5,10-11,14H2,1H3,(H,21,26)(H,22,25). The molecule has 0 aliphatic heterocycles. The second kappa shape index (κ2) is 9.14. The molecule has 7 heteroatoms. The number of nitrogens with zero attached hydrogens (tertiary/aromatic N) is 2. The Morgan fingerprint density at radius 3 is 2.70 bits per heavy atom. The van der Waals surface area contributed by atoms with E-state index >= 15 is 0 Å². The van der Waals surface area contributed by atoms with Crippen molar-refractivity contribution >= 4 is 29.0 Å². The summed E-state index contributed by atoms with van der Waals surface area (Å²) < 4.78 is 1.79. The van der Waals surface area contributed by atoms with Crippen LogP contribution in [0.2, 0.25) is 0 Å². The van der Waals surface area contributed by atoms with Crippen LogP contribution in [-0.2, 0) is 11.3 Å². The summed E-state index contributed by atoms with van der Waals surface area (Å²) in [7, 11) is 0. The number of hydrogen-bond donors (Lipinski definition) is 2. The second-order valence-electron chi connectivity index (χ2n) is 6.20. The molecule has 0 atom stereocenters. The molecule has 0 bridgehead atoms. The molecular formula is C20H22N4O2S. The van der Waals surface area contributed by atoms with Crippen LogP contribution in [0.15, 0.2) is 53.9 Å². The second-order valence-corrected chi connectivity index (χ2v) is 7.15. The summed E-state index contributed by atoms with van der Waals surface area (Å²) in [4.78, 5) is 24.8. The lowest BCUT2D eigenvalue weighted by molar-refractivity contribution is -0.116. The molecule has 1 aromatic carbocycles. The van der Waals surface area contributed by atoms with Gasteiger partial charge in [-0.05, 0) is 30.4 Å². The zero-order valence-corrected chi connectivity index (χ0v) is 16.0. The predicted octanol–water partition coefficient (Wildman–Crippen LogP) is 3.45. The van der Waals surface area contributed by atoms with E-state index in [0.29, 0.717) is 36.6 Å². The molecule has 2 heterocycles. The minimum absolute atomic E-state index is 0.0883. The normalized spacial score (nSPS) is 10.6. The van der Waals surface area contributed by atoms with E-state index in [1.54, 1.807) is 10.7 Å². The Kier molecular flexibility index (Phi) is 6.38. The fourth-order valence-electron chi connectivity index (χ4n) is 2.67. The van der Waals surface area contributed by atoms with Crippen LogP contribution in [0.3, 0.4) is 0 Å². The van der Waals surface area contributed by atoms with Crippen LogP contribution in [0.5, 0.6) is 0 Å². The highest BCUT2D eigenvalue weighted by molar-refractivity contribution is 7.12. The van der Waals surface area contributed by atoms with Gasteiger partial charge in [0, 0.05) is 19.0 Å². The lowest BCUT2D eigenvalue weighted by Gasteiger charge is -2.09. The van der Waals surface area contributed by atoms with Crippen LogP contribution in [0, 0.1) is 6.92 Å². The smallest absolute Gasteiger partial charge is 0.261 e. The van der Waals surface area contributed by atoms with E-state index in [1.807, 2.05) is 54.8 Å². The molecular weight excluding hydrogens is 360 g/mol. The zero-order chi connectivity index (χ0) is 19.1. The molecule has 2 N–H and O–H groups in total. The fraction of sp³-hybridized carbons (Fsp3) is 0.250. The maximum atomic E-state index is 12.2. The summed E-state index contributed by atoms with van der Waals surface area (Å²) in [5, 5.41) is 12.1. The van der Waals surface area contributed by atoms with Crippen LogP contribution < -0.4 is 10.6 Å². The van der Waals surface area contributed by atoms with Crippen LogP contribution in [0.4, 0.5) is 5.82 Å². The monoisotopic (exact) mass is 382 g/mol. The predicted molar refractivity (Wildman–Crippen MR) is 107 cm³/mol. The average molecular weight is 382 g/mol. The van der Waals surface area contributed by atoms with Crippen molar-refractivity contribution in [3.63, 3.8) is 0 Å². The number of aryl methyl sites for hydroxylation is 1. The van der Waals surface area contributed by atoms with E-state index in [9.17, 15) is 9.59 Å². The van der Waals surface area contributed by atoms with Crippen molar-refractivity contribution in [2.45, 2.75) is 26.3 Å². The van der Waals surface area contributed by atoms with Gasteiger partial charge in [-0.3, -0.25) is 9.59 Å². The third kappa shape index (κ3) is 5.52. The van der Waals surface area contributed by atoms with E-state index in [1.165, 1.54) is 11.3 Å². The van der Waals surface area contributed by atoms with Gasteiger partial charge in [0.25, 0.3) is 5.91 Å². The maximum Gasteiger partial charge on any atom is 0.261 e. The van der Waals surface area contributed by atoms with E-state index < -0.39 is 0 Å².